The Morgan fingerprint density at radius 3 is 2.95 bits per heavy atom. The maximum absolute atomic E-state index is 12.0. The molecular weight excluding hydrogens is 246 g/mol. The van der Waals surface area contributed by atoms with E-state index in [9.17, 15) is 9.90 Å². The first-order valence-electron chi connectivity index (χ1n) is 5.58. The molecule has 19 heavy (non-hydrogen) atoms. The fraction of sp³-hybridized carbons (Fsp3) is 0.0833. The number of hydrogen-bond donors (Lipinski definition) is 3. The van der Waals surface area contributed by atoms with Crippen LogP contribution in [0, 0.1) is 0 Å². The first kappa shape index (κ1) is 11.3. The Labute approximate surface area is 107 Å². The lowest BCUT2D eigenvalue weighted by molar-refractivity contribution is 0.475. The minimum absolute atomic E-state index is 0.0444. The van der Waals surface area contributed by atoms with Crippen LogP contribution in [0.15, 0.2) is 29.1 Å². The summed E-state index contributed by atoms with van der Waals surface area (Å²) in [5, 5.41) is 14.1. The maximum atomic E-state index is 12.0. The third-order valence-corrected chi connectivity index (χ3v) is 2.83. The van der Waals surface area contributed by atoms with E-state index in [1.165, 1.54) is 10.7 Å². The zero-order valence-corrected chi connectivity index (χ0v) is 10.1. The Bertz CT molecular complexity index is 834. The van der Waals surface area contributed by atoms with E-state index >= 15 is 0 Å². The molecule has 2 heterocycles. The molecule has 96 valence electrons. The molecule has 7 nitrogen and oxygen atoms in total. The molecule has 0 saturated heterocycles. The van der Waals surface area contributed by atoms with Crippen LogP contribution in [-0.4, -0.2) is 24.9 Å². The van der Waals surface area contributed by atoms with Crippen molar-refractivity contribution in [3.63, 3.8) is 0 Å². The van der Waals surface area contributed by atoms with Crippen LogP contribution in [0.25, 0.3) is 22.3 Å². The van der Waals surface area contributed by atoms with Crippen LogP contribution < -0.4 is 11.3 Å². The van der Waals surface area contributed by atoms with Gasteiger partial charge in [-0.25, -0.2) is 4.68 Å². The molecule has 0 atom stereocenters. The van der Waals surface area contributed by atoms with Crippen molar-refractivity contribution in [2.24, 2.45) is 7.05 Å². The number of phenolic OH excluding ortho intramolecular Hbond substituents is 1. The highest BCUT2D eigenvalue weighted by Crippen LogP contribution is 2.26. The number of aryl methyl sites for hydroxylation is 1. The molecule has 0 aliphatic carbocycles. The zero-order valence-electron chi connectivity index (χ0n) is 10.1. The lowest BCUT2D eigenvalue weighted by Gasteiger charge is -1.98. The van der Waals surface area contributed by atoms with Gasteiger partial charge in [-0.2, -0.15) is 10.1 Å². The molecule has 3 aromatic rings. The van der Waals surface area contributed by atoms with Gasteiger partial charge in [0.1, 0.15) is 16.8 Å². The number of anilines is 1. The topological polar surface area (TPSA) is 110 Å². The monoisotopic (exact) mass is 257 g/mol. The van der Waals surface area contributed by atoms with Gasteiger partial charge in [0, 0.05) is 12.6 Å². The summed E-state index contributed by atoms with van der Waals surface area (Å²) in [6, 6.07) is 6.54. The zero-order chi connectivity index (χ0) is 13.6. The number of hydrogen-bond acceptors (Lipinski definition) is 5. The molecule has 7 heteroatoms. The van der Waals surface area contributed by atoms with Crippen LogP contribution in [0.3, 0.4) is 0 Å². The van der Waals surface area contributed by atoms with Crippen molar-refractivity contribution in [1.29, 1.82) is 0 Å². The number of phenols is 1. The Hall–Kier alpha value is -2.83. The quantitative estimate of drug-likeness (QED) is 0.591. The Morgan fingerprint density at radius 2 is 2.21 bits per heavy atom. The lowest BCUT2D eigenvalue weighted by Crippen LogP contribution is -2.11. The van der Waals surface area contributed by atoms with Crippen LogP contribution in [-0.2, 0) is 7.05 Å². The number of nitrogens with zero attached hydrogens (tertiary/aromatic N) is 3. The van der Waals surface area contributed by atoms with Crippen molar-refractivity contribution < 1.29 is 5.11 Å². The number of aromatic nitrogens is 4. The number of rotatable bonds is 1. The number of aromatic hydroxyl groups is 1. The number of benzene rings is 1. The van der Waals surface area contributed by atoms with Crippen LogP contribution in [0.2, 0.25) is 0 Å². The molecule has 0 unspecified atom stereocenters. The van der Waals surface area contributed by atoms with E-state index in [1.54, 1.807) is 25.2 Å². The number of H-pyrrole nitrogens is 1. The summed E-state index contributed by atoms with van der Waals surface area (Å²) < 4.78 is 1.49. The van der Waals surface area contributed by atoms with Crippen LogP contribution in [0.1, 0.15) is 0 Å². The third kappa shape index (κ3) is 1.71. The highest BCUT2D eigenvalue weighted by molar-refractivity contribution is 5.91. The number of fused-ring (bicyclic) bond motifs is 1. The molecule has 0 aliphatic heterocycles. The van der Waals surface area contributed by atoms with E-state index < -0.39 is 0 Å². The number of nitrogen functional groups attached to an aromatic ring is 1. The van der Waals surface area contributed by atoms with Gasteiger partial charge in [-0.05, 0) is 12.1 Å². The highest BCUT2D eigenvalue weighted by Gasteiger charge is 2.16. The predicted octanol–water partition coefficient (Wildman–Crippen LogP) is 0.611. The molecule has 0 radical (unpaired) electrons. The van der Waals surface area contributed by atoms with Gasteiger partial charge in [-0.1, -0.05) is 12.1 Å². The number of nitrogens with one attached hydrogen (secondary N) is 1. The van der Waals surface area contributed by atoms with E-state index in [0.29, 0.717) is 22.3 Å². The molecule has 0 saturated carbocycles. The summed E-state index contributed by atoms with van der Waals surface area (Å²) in [4.78, 5) is 18.5. The van der Waals surface area contributed by atoms with Crippen molar-refractivity contribution in [2.75, 3.05) is 5.73 Å². The van der Waals surface area contributed by atoms with Crippen molar-refractivity contribution in [3.05, 3.63) is 34.6 Å². The maximum Gasteiger partial charge on any atom is 0.264 e. The van der Waals surface area contributed by atoms with Gasteiger partial charge in [-0.15, -0.1) is 0 Å². The summed E-state index contributed by atoms with van der Waals surface area (Å²) in [7, 11) is 1.68. The van der Waals surface area contributed by atoms with Crippen LogP contribution in [0.5, 0.6) is 5.75 Å². The Morgan fingerprint density at radius 1 is 1.42 bits per heavy atom. The SMILES string of the molecule is Cn1nc(-c2cccc(O)c2)c2c(=O)[nH]c(N)nc21. The summed E-state index contributed by atoms with van der Waals surface area (Å²) >= 11 is 0. The predicted molar refractivity (Wildman–Crippen MR) is 70.6 cm³/mol. The van der Waals surface area contributed by atoms with Gasteiger partial charge in [-0.3, -0.25) is 9.78 Å². The summed E-state index contributed by atoms with van der Waals surface area (Å²) in [5.41, 5.74) is 6.67. The fourth-order valence-corrected chi connectivity index (χ4v) is 2.03. The highest BCUT2D eigenvalue weighted by atomic mass is 16.3. The fourth-order valence-electron chi connectivity index (χ4n) is 2.03. The van der Waals surface area contributed by atoms with E-state index in [2.05, 4.69) is 15.1 Å². The van der Waals surface area contributed by atoms with E-state index in [0.717, 1.165) is 0 Å². The standard InChI is InChI=1S/C12H11N5O2/c1-17-10-8(11(19)15-12(13)14-10)9(16-17)6-3-2-4-7(18)5-6/h2-5,18H,1H3,(H3,13,14,15,19). The van der Waals surface area contributed by atoms with E-state index in [1.807, 2.05) is 0 Å². The molecule has 0 amide bonds. The minimum Gasteiger partial charge on any atom is -0.508 e. The van der Waals surface area contributed by atoms with Gasteiger partial charge >= 0.3 is 0 Å². The molecule has 1 aromatic carbocycles. The number of aromatic amines is 1. The molecule has 0 spiro atoms. The Balaban J connectivity index is 2.40. The van der Waals surface area contributed by atoms with Gasteiger partial charge < -0.3 is 10.8 Å². The molecule has 2 aromatic heterocycles. The van der Waals surface area contributed by atoms with Crippen molar-refractivity contribution in [3.8, 4) is 17.0 Å². The molecule has 0 fully saturated rings. The second-order valence-corrected chi connectivity index (χ2v) is 4.17. The largest absolute Gasteiger partial charge is 0.508 e. The number of nitrogens with two attached hydrogens (primary N) is 1. The Kier molecular flexibility index (Phi) is 2.28. The smallest absolute Gasteiger partial charge is 0.264 e. The summed E-state index contributed by atoms with van der Waals surface area (Å²) in [5.74, 6) is 0.152. The normalized spacial score (nSPS) is 11.0. The minimum atomic E-state index is -0.353. The van der Waals surface area contributed by atoms with Crippen LogP contribution in [0.4, 0.5) is 5.95 Å². The molecule has 4 N–H and O–H groups in total. The molecule has 0 aliphatic rings. The molecule has 3 rings (SSSR count). The average molecular weight is 257 g/mol. The van der Waals surface area contributed by atoms with Gasteiger partial charge in [0.15, 0.2) is 5.65 Å². The molecular formula is C12H11N5O2. The summed E-state index contributed by atoms with van der Waals surface area (Å²) in [6.07, 6.45) is 0. The second kappa shape index (κ2) is 3.84. The van der Waals surface area contributed by atoms with Crippen molar-refractivity contribution in [1.82, 2.24) is 19.7 Å². The second-order valence-electron chi connectivity index (χ2n) is 4.17. The van der Waals surface area contributed by atoms with Crippen molar-refractivity contribution in [2.45, 2.75) is 0 Å². The van der Waals surface area contributed by atoms with Crippen LogP contribution >= 0.6 is 0 Å². The first-order valence-corrected chi connectivity index (χ1v) is 5.58. The van der Waals surface area contributed by atoms with E-state index in [4.69, 9.17) is 5.73 Å². The molecule has 0 bridgehead atoms. The first-order chi connectivity index (χ1) is 9.06. The van der Waals surface area contributed by atoms with Crippen molar-refractivity contribution >= 4 is 17.0 Å². The third-order valence-electron chi connectivity index (χ3n) is 2.83. The average Bonchev–Trinajstić information content (AvgIpc) is 2.67. The van der Waals surface area contributed by atoms with Gasteiger partial charge in [0.2, 0.25) is 5.95 Å². The summed E-state index contributed by atoms with van der Waals surface area (Å²) in [6.45, 7) is 0. The van der Waals surface area contributed by atoms with E-state index in [-0.39, 0.29) is 17.3 Å². The van der Waals surface area contributed by atoms with Gasteiger partial charge in [0.25, 0.3) is 5.56 Å². The lowest BCUT2D eigenvalue weighted by atomic mass is 10.1. The van der Waals surface area contributed by atoms with Gasteiger partial charge in [0.05, 0.1) is 0 Å².